The summed E-state index contributed by atoms with van der Waals surface area (Å²) < 4.78 is 2.51. The molecule has 1 nitrogen and oxygen atoms in total. The monoisotopic (exact) mass is 157 g/mol. The van der Waals surface area contributed by atoms with Crippen molar-refractivity contribution in [1.29, 1.82) is 0 Å². The lowest BCUT2D eigenvalue weighted by Gasteiger charge is -2.51. The van der Waals surface area contributed by atoms with Crippen LogP contribution < -0.4 is 0 Å². The Hall–Kier alpha value is 0.310. The molecule has 3 fully saturated rings. The van der Waals surface area contributed by atoms with Crippen molar-refractivity contribution >= 4 is 11.9 Å². The topological polar surface area (TPSA) is 3.24 Å². The van der Waals surface area contributed by atoms with Gasteiger partial charge in [-0.05, 0) is 30.4 Å². The van der Waals surface area contributed by atoms with E-state index in [4.69, 9.17) is 0 Å². The standard InChI is InChI=1S/C8H15NS/c1-6-7-3-8(6)5-9(4-7)10-2/h6-8H,3-5H2,1-2H3. The number of piperidine rings is 2. The minimum atomic E-state index is 1.03. The summed E-state index contributed by atoms with van der Waals surface area (Å²) in [7, 11) is 0. The number of hydrogen-bond donors (Lipinski definition) is 0. The molecule has 0 spiro atoms. The molecular weight excluding hydrogens is 142 g/mol. The highest BCUT2D eigenvalue weighted by molar-refractivity contribution is 7.96. The van der Waals surface area contributed by atoms with Crippen molar-refractivity contribution in [2.75, 3.05) is 19.3 Å². The molecule has 3 aliphatic rings. The van der Waals surface area contributed by atoms with Crippen LogP contribution in [0.15, 0.2) is 0 Å². The molecule has 3 rings (SSSR count). The Morgan fingerprint density at radius 3 is 2.30 bits per heavy atom. The van der Waals surface area contributed by atoms with E-state index in [2.05, 4.69) is 17.5 Å². The largest absolute Gasteiger partial charge is 0.250 e. The lowest BCUT2D eigenvalue weighted by molar-refractivity contribution is 0.00776. The zero-order valence-corrected chi connectivity index (χ0v) is 7.53. The van der Waals surface area contributed by atoms with Crippen LogP contribution in [0.25, 0.3) is 0 Å². The summed E-state index contributed by atoms with van der Waals surface area (Å²) in [6.07, 6.45) is 3.70. The van der Waals surface area contributed by atoms with Gasteiger partial charge in [-0.3, -0.25) is 4.31 Å². The molecule has 0 amide bonds. The van der Waals surface area contributed by atoms with E-state index in [-0.39, 0.29) is 0 Å². The van der Waals surface area contributed by atoms with E-state index in [1.807, 2.05) is 11.9 Å². The van der Waals surface area contributed by atoms with Gasteiger partial charge in [0.2, 0.25) is 0 Å². The highest BCUT2D eigenvalue weighted by atomic mass is 32.2. The first-order chi connectivity index (χ1) is 4.81. The van der Waals surface area contributed by atoms with Crippen molar-refractivity contribution in [3.63, 3.8) is 0 Å². The second kappa shape index (κ2) is 2.42. The first-order valence-corrected chi connectivity index (χ1v) is 5.28. The zero-order valence-electron chi connectivity index (χ0n) is 6.71. The van der Waals surface area contributed by atoms with Gasteiger partial charge < -0.3 is 0 Å². The maximum Gasteiger partial charge on any atom is 0.0120 e. The van der Waals surface area contributed by atoms with Gasteiger partial charge in [-0.15, -0.1) is 0 Å². The Labute approximate surface area is 67.3 Å². The van der Waals surface area contributed by atoms with Crippen LogP contribution in [-0.4, -0.2) is 23.7 Å². The minimum Gasteiger partial charge on any atom is -0.250 e. The summed E-state index contributed by atoms with van der Waals surface area (Å²) in [5.74, 6) is 3.10. The fourth-order valence-corrected chi connectivity index (χ4v) is 2.92. The fraction of sp³-hybridized carbons (Fsp3) is 1.00. The van der Waals surface area contributed by atoms with E-state index in [1.165, 1.54) is 19.5 Å². The van der Waals surface area contributed by atoms with Gasteiger partial charge in [0.1, 0.15) is 0 Å². The molecule has 58 valence electrons. The van der Waals surface area contributed by atoms with Crippen LogP contribution in [-0.2, 0) is 0 Å². The Morgan fingerprint density at radius 2 is 1.90 bits per heavy atom. The van der Waals surface area contributed by atoms with E-state index in [0.29, 0.717) is 0 Å². The summed E-state index contributed by atoms with van der Waals surface area (Å²) >= 11 is 1.92. The van der Waals surface area contributed by atoms with Crippen molar-refractivity contribution in [3.05, 3.63) is 0 Å². The average Bonchev–Trinajstić information content (AvgIpc) is 2.04. The maximum absolute atomic E-state index is 2.51. The summed E-state index contributed by atoms with van der Waals surface area (Å²) in [6.45, 7) is 5.11. The molecule has 1 aliphatic carbocycles. The molecule has 2 unspecified atom stereocenters. The van der Waals surface area contributed by atoms with Crippen molar-refractivity contribution < 1.29 is 0 Å². The zero-order chi connectivity index (χ0) is 7.14. The molecule has 2 saturated heterocycles. The van der Waals surface area contributed by atoms with Gasteiger partial charge in [0.05, 0.1) is 0 Å². The molecule has 2 atom stereocenters. The van der Waals surface area contributed by atoms with Gasteiger partial charge >= 0.3 is 0 Å². The molecule has 0 aromatic heterocycles. The third kappa shape index (κ3) is 0.892. The fourth-order valence-electron chi connectivity index (χ4n) is 2.24. The molecule has 2 heterocycles. The smallest absolute Gasteiger partial charge is 0.0120 e. The lowest BCUT2D eigenvalue weighted by Crippen LogP contribution is -2.51. The minimum absolute atomic E-state index is 1.03. The molecule has 0 N–H and O–H groups in total. The third-order valence-electron chi connectivity index (χ3n) is 3.23. The third-order valence-corrected chi connectivity index (χ3v) is 4.04. The van der Waals surface area contributed by atoms with Crippen LogP contribution in [0, 0.1) is 17.8 Å². The predicted molar refractivity (Wildman–Crippen MR) is 45.8 cm³/mol. The van der Waals surface area contributed by atoms with Crippen molar-refractivity contribution in [2.24, 2.45) is 17.8 Å². The number of hydrogen-bond acceptors (Lipinski definition) is 2. The summed E-state index contributed by atoms with van der Waals surface area (Å²) in [5.41, 5.74) is 0. The highest BCUT2D eigenvalue weighted by Gasteiger charge is 2.43. The van der Waals surface area contributed by atoms with Crippen LogP contribution in [0.4, 0.5) is 0 Å². The molecule has 10 heavy (non-hydrogen) atoms. The number of nitrogens with zero attached hydrogens (tertiary/aromatic N) is 1. The first-order valence-electron chi connectivity index (χ1n) is 4.10. The lowest BCUT2D eigenvalue weighted by atomic mass is 9.63. The Bertz CT molecular complexity index is 125. The van der Waals surface area contributed by atoms with Gasteiger partial charge in [0.15, 0.2) is 0 Å². The van der Waals surface area contributed by atoms with Crippen molar-refractivity contribution in [3.8, 4) is 0 Å². The first kappa shape index (κ1) is 6.99. The second-order valence-electron chi connectivity index (χ2n) is 3.64. The van der Waals surface area contributed by atoms with Crippen LogP contribution in [0.2, 0.25) is 0 Å². The molecule has 1 saturated carbocycles. The van der Waals surface area contributed by atoms with Gasteiger partial charge in [-0.2, -0.15) is 0 Å². The molecule has 0 aromatic carbocycles. The summed E-state index contributed by atoms with van der Waals surface area (Å²) in [4.78, 5) is 0. The molecule has 2 bridgehead atoms. The van der Waals surface area contributed by atoms with E-state index in [1.54, 1.807) is 0 Å². The normalized spacial score (nSPS) is 46.8. The highest BCUT2D eigenvalue weighted by Crippen LogP contribution is 2.46. The molecule has 2 aliphatic heterocycles. The summed E-state index contributed by atoms with van der Waals surface area (Å²) in [6, 6.07) is 0. The molecule has 2 heteroatoms. The SMILES string of the molecule is CSN1CC2CC(C1)C2C. The van der Waals surface area contributed by atoms with Gasteiger partial charge in [0.25, 0.3) is 0 Å². The molecule has 0 aromatic rings. The van der Waals surface area contributed by atoms with Gasteiger partial charge in [-0.1, -0.05) is 18.9 Å². The number of fused-ring (bicyclic) bond motifs is 2. The Balaban J connectivity index is 1.93. The van der Waals surface area contributed by atoms with Crippen LogP contribution in [0.3, 0.4) is 0 Å². The van der Waals surface area contributed by atoms with E-state index >= 15 is 0 Å². The Morgan fingerprint density at radius 1 is 1.30 bits per heavy atom. The van der Waals surface area contributed by atoms with Gasteiger partial charge in [0, 0.05) is 13.1 Å². The van der Waals surface area contributed by atoms with E-state index in [0.717, 1.165) is 17.8 Å². The van der Waals surface area contributed by atoms with Crippen LogP contribution in [0.5, 0.6) is 0 Å². The average molecular weight is 157 g/mol. The summed E-state index contributed by atoms with van der Waals surface area (Å²) in [5, 5.41) is 0. The second-order valence-corrected chi connectivity index (χ2v) is 4.53. The predicted octanol–water partition coefficient (Wildman–Crippen LogP) is 1.85. The molecular formula is C8H15NS. The molecule has 0 radical (unpaired) electrons. The van der Waals surface area contributed by atoms with Crippen molar-refractivity contribution in [1.82, 2.24) is 4.31 Å². The Kier molecular flexibility index (Phi) is 1.69. The van der Waals surface area contributed by atoms with E-state index in [9.17, 15) is 0 Å². The van der Waals surface area contributed by atoms with E-state index < -0.39 is 0 Å². The van der Waals surface area contributed by atoms with Crippen LogP contribution in [0.1, 0.15) is 13.3 Å². The quantitative estimate of drug-likeness (QED) is 0.534. The van der Waals surface area contributed by atoms with Crippen LogP contribution >= 0.6 is 11.9 Å². The maximum atomic E-state index is 2.51. The van der Waals surface area contributed by atoms with Gasteiger partial charge in [-0.25, -0.2) is 0 Å². The number of rotatable bonds is 1. The van der Waals surface area contributed by atoms with Crippen molar-refractivity contribution in [2.45, 2.75) is 13.3 Å².